The molecule has 0 fully saturated rings. The first kappa shape index (κ1) is 24.9. The highest BCUT2D eigenvalue weighted by Crippen LogP contribution is 2.42. The van der Waals surface area contributed by atoms with Crippen LogP contribution in [0.5, 0.6) is 0 Å². The van der Waals surface area contributed by atoms with Gasteiger partial charge in [0.2, 0.25) is 0 Å². The number of nitro benzene ring substituents is 1. The van der Waals surface area contributed by atoms with Crippen molar-refractivity contribution in [2.75, 3.05) is 13.2 Å². The fourth-order valence-electron chi connectivity index (χ4n) is 4.95. The number of imide groups is 3. The number of aliphatic hydroxyl groups excluding tert-OH is 1. The quantitative estimate of drug-likeness (QED) is 0.167. The molecule has 0 unspecified atom stereocenters. The summed E-state index contributed by atoms with van der Waals surface area (Å²) in [7, 11) is 3.52. The molecular weight excluding hydrogens is 490 g/mol. The van der Waals surface area contributed by atoms with Crippen molar-refractivity contribution in [2.24, 2.45) is 14.1 Å². The van der Waals surface area contributed by atoms with E-state index in [0.717, 1.165) is 10.9 Å². The number of nitrogens with zero attached hydrogens (tertiary/aromatic N) is 4. The Morgan fingerprint density at radius 3 is 2.16 bits per heavy atom. The molecule has 4 aromatic rings. The van der Waals surface area contributed by atoms with Crippen molar-refractivity contribution in [3.05, 3.63) is 76.1 Å². The molecule has 0 saturated carbocycles. The Balaban J connectivity index is 1.71. The molecule has 11 heteroatoms. The second-order valence-electron chi connectivity index (χ2n) is 9.14. The summed E-state index contributed by atoms with van der Waals surface area (Å²) in [5, 5.41) is 24.2. The molecule has 194 valence electrons. The summed E-state index contributed by atoms with van der Waals surface area (Å²) >= 11 is 0. The normalized spacial score (nSPS) is 13.8. The van der Waals surface area contributed by atoms with Crippen molar-refractivity contribution in [2.45, 2.75) is 12.8 Å². The fourth-order valence-corrected chi connectivity index (χ4v) is 4.95. The first-order chi connectivity index (χ1) is 18.2. The molecule has 1 aliphatic rings. The predicted molar refractivity (Wildman–Crippen MR) is 141 cm³/mol. The van der Waals surface area contributed by atoms with Crippen LogP contribution in [0.1, 0.15) is 24.0 Å². The summed E-state index contributed by atoms with van der Waals surface area (Å²) < 4.78 is 3.50. The molecule has 0 bridgehead atoms. The van der Waals surface area contributed by atoms with Gasteiger partial charge in [0.15, 0.2) is 0 Å². The van der Waals surface area contributed by atoms with E-state index in [4.69, 9.17) is 5.11 Å². The third-order valence-electron chi connectivity index (χ3n) is 6.77. The van der Waals surface area contributed by atoms with E-state index < -0.39 is 22.8 Å². The molecule has 0 atom stereocenters. The number of aromatic nitrogens is 2. The number of para-hydroxylation sites is 1. The number of non-ortho nitro benzene ring substituents is 1. The van der Waals surface area contributed by atoms with Crippen LogP contribution in [0.15, 0.2) is 54.9 Å². The minimum Gasteiger partial charge on any atom is -0.396 e. The largest absolute Gasteiger partial charge is 0.396 e. The Morgan fingerprint density at radius 1 is 0.921 bits per heavy atom. The Kier molecular flexibility index (Phi) is 6.29. The number of carbonyl (C=O) groups is 3. The van der Waals surface area contributed by atoms with Gasteiger partial charge in [-0.15, -0.1) is 0 Å². The van der Waals surface area contributed by atoms with Crippen LogP contribution in [-0.4, -0.2) is 55.1 Å². The molecular formula is C27H25N5O6. The van der Waals surface area contributed by atoms with Crippen molar-refractivity contribution >= 4 is 56.5 Å². The lowest BCUT2D eigenvalue weighted by atomic mass is 9.95. The van der Waals surface area contributed by atoms with E-state index in [2.05, 4.69) is 5.32 Å². The number of carbonyl (C=O) groups excluding carboxylic acids is 3. The first-order valence-electron chi connectivity index (χ1n) is 12.0. The predicted octanol–water partition coefficient (Wildman–Crippen LogP) is 3.34. The van der Waals surface area contributed by atoms with Crippen LogP contribution in [0.25, 0.3) is 33.0 Å². The van der Waals surface area contributed by atoms with Gasteiger partial charge < -0.3 is 19.6 Å². The third-order valence-corrected chi connectivity index (χ3v) is 6.77. The summed E-state index contributed by atoms with van der Waals surface area (Å²) in [5.41, 5.74) is 2.28. The zero-order valence-electron chi connectivity index (χ0n) is 20.8. The minimum atomic E-state index is -0.846. The zero-order valence-corrected chi connectivity index (χ0v) is 20.8. The van der Waals surface area contributed by atoms with E-state index in [-0.39, 0.29) is 30.0 Å². The van der Waals surface area contributed by atoms with Crippen LogP contribution >= 0.6 is 0 Å². The summed E-state index contributed by atoms with van der Waals surface area (Å²) in [6, 6.07) is 10.9. The number of hydrogen-bond donors (Lipinski definition) is 2. The van der Waals surface area contributed by atoms with Gasteiger partial charge in [0, 0.05) is 79.2 Å². The molecule has 2 aromatic heterocycles. The maximum Gasteiger partial charge on any atom is 0.331 e. The number of urea groups is 1. The van der Waals surface area contributed by atoms with Gasteiger partial charge in [-0.25, -0.2) is 4.79 Å². The van der Waals surface area contributed by atoms with E-state index in [1.165, 1.54) is 12.1 Å². The Labute approximate surface area is 216 Å². The van der Waals surface area contributed by atoms with E-state index in [1.807, 2.05) is 35.9 Å². The summed E-state index contributed by atoms with van der Waals surface area (Å²) in [6.45, 7) is 0.154. The fraction of sp³-hybridized carbons (Fsp3) is 0.222. The van der Waals surface area contributed by atoms with Gasteiger partial charge in [0.25, 0.3) is 17.5 Å². The van der Waals surface area contributed by atoms with Crippen LogP contribution in [-0.2, 0) is 23.7 Å². The lowest BCUT2D eigenvalue weighted by Crippen LogP contribution is -2.44. The van der Waals surface area contributed by atoms with Crippen LogP contribution in [0.2, 0.25) is 0 Å². The molecule has 1 aliphatic heterocycles. The smallest absolute Gasteiger partial charge is 0.331 e. The molecule has 2 aromatic carbocycles. The maximum atomic E-state index is 13.8. The van der Waals surface area contributed by atoms with Crippen molar-refractivity contribution in [1.29, 1.82) is 0 Å². The number of unbranched alkanes of at least 4 members (excludes halogenated alkanes) is 1. The number of fused-ring (bicyclic) bond motifs is 2. The summed E-state index contributed by atoms with van der Waals surface area (Å²) in [6.07, 6.45) is 4.35. The Bertz CT molecular complexity index is 1680. The van der Waals surface area contributed by atoms with Gasteiger partial charge in [-0.2, -0.15) is 4.90 Å². The highest BCUT2D eigenvalue weighted by molar-refractivity contribution is 6.53. The average Bonchev–Trinajstić information content (AvgIpc) is 3.49. The Morgan fingerprint density at radius 2 is 1.53 bits per heavy atom. The highest BCUT2D eigenvalue weighted by Gasteiger charge is 2.44. The number of amides is 4. The number of aliphatic hydroxyl groups is 1. The highest BCUT2D eigenvalue weighted by atomic mass is 16.6. The first-order valence-corrected chi connectivity index (χ1v) is 12.0. The SMILES string of the molecule is Cn1cc(C2=C(c3cn(C)c4cc([N+](=O)[O-])ccc34)C(=O)N(C(=O)NCCCCO)C2=O)c2ccccc21. The minimum absolute atomic E-state index is 0.0341. The number of nitro groups is 1. The lowest BCUT2D eigenvalue weighted by Gasteiger charge is -2.14. The van der Waals surface area contributed by atoms with Crippen molar-refractivity contribution in [3.63, 3.8) is 0 Å². The molecule has 5 rings (SSSR count). The molecule has 0 spiro atoms. The van der Waals surface area contributed by atoms with Gasteiger partial charge in [-0.3, -0.25) is 19.7 Å². The van der Waals surface area contributed by atoms with Gasteiger partial charge in [0.05, 0.1) is 21.6 Å². The molecule has 0 aliphatic carbocycles. The van der Waals surface area contributed by atoms with Crippen LogP contribution < -0.4 is 5.32 Å². The summed E-state index contributed by atoms with van der Waals surface area (Å²) in [5.74, 6) is -1.52. The van der Waals surface area contributed by atoms with Crippen molar-refractivity contribution in [3.8, 4) is 0 Å². The molecule has 11 nitrogen and oxygen atoms in total. The second kappa shape index (κ2) is 9.60. The number of nitrogens with one attached hydrogen (secondary N) is 1. The van der Waals surface area contributed by atoms with Crippen LogP contribution in [0.4, 0.5) is 10.5 Å². The number of rotatable bonds is 7. The van der Waals surface area contributed by atoms with Crippen molar-refractivity contribution < 1.29 is 24.4 Å². The zero-order chi connectivity index (χ0) is 27.1. The molecule has 4 amide bonds. The van der Waals surface area contributed by atoms with Crippen LogP contribution in [0.3, 0.4) is 0 Å². The summed E-state index contributed by atoms with van der Waals surface area (Å²) in [4.78, 5) is 52.1. The Hall–Kier alpha value is -4.77. The van der Waals surface area contributed by atoms with Crippen molar-refractivity contribution in [1.82, 2.24) is 19.4 Å². The van der Waals surface area contributed by atoms with Gasteiger partial charge >= 0.3 is 6.03 Å². The van der Waals surface area contributed by atoms with Gasteiger partial charge in [0.1, 0.15) is 0 Å². The number of hydrogen-bond acceptors (Lipinski definition) is 6. The molecule has 3 heterocycles. The van der Waals surface area contributed by atoms with Gasteiger partial charge in [-0.1, -0.05) is 18.2 Å². The molecule has 0 radical (unpaired) electrons. The van der Waals surface area contributed by atoms with Gasteiger partial charge in [-0.05, 0) is 25.0 Å². The lowest BCUT2D eigenvalue weighted by molar-refractivity contribution is -0.384. The maximum absolute atomic E-state index is 13.8. The van der Waals surface area contributed by atoms with Crippen LogP contribution in [0, 0.1) is 10.1 Å². The second-order valence-corrected chi connectivity index (χ2v) is 9.14. The molecule has 38 heavy (non-hydrogen) atoms. The van der Waals surface area contributed by atoms with E-state index in [0.29, 0.717) is 39.8 Å². The molecule has 0 saturated heterocycles. The monoisotopic (exact) mass is 515 g/mol. The molecule has 2 N–H and O–H groups in total. The number of benzene rings is 2. The topological polar surface area (TPSA) is 140 Å². The average molecular weight is 516 g/mol. The standard InChI is InChI=1S/C27H25N5O6/c1-29-14-19(17-7-3-4-8-21(17)29)23-24(26(35)31(25(23)34)27(36)28-11-5-6-12-33)20-15-30(2)22-13-16(32(37)38)9-10-18(20)22/h3-4,7-10,13-15,33H,5-6,11-12H2,1-2H3,(H,28,36). The number of aryl methyl sites for hydroxylation is 2. The van der Waals surface area contributed by atoms with E-state index in [1.54, 1.807) is 30.1 Å². The van der Waals surface area contributed by atoms with E-state index >= 15 is 0 Å². The third kappa shape index (κ3) is 3.93. The van der Waals surface area contributed by atoms with E-state index in [9.17, 15) is 24.5 Å².